The summed E-state index contributed by atoms with van der Waals surface area (Å²) in [6.45, 7) is 4.45. The summed E-state index contributed by atoms with van der Waals surface area (Å²) in [5.74, 6) is 0. The molecule has 0 atom stereocenters. The molecule has 0 unspecified atom stereocenters. The number of rotatable bonds is 7. The molecular weight excluding hydrogens is 385 g/mol. The lowest BCUT2D eigenvalue weighted by atomic mass is 9.88. The molecule has 0 bridgehead atoms. The third-order valence-electron chi connectivity index (χ3n) is 2.93. The second-order valence-electron chi connectivity index (χ2n) is 5.36. The van der Waals surface area contributed by atoms with E-state index in [0.717, 1.165) is 18.2 Å². The molecule has 0 aromatic heterocycles. The molecule has 114 valence electrons. The van der Waals surface area contributed by atoms with Crippen molar-refractivity contribution >= 4 is 49.2 Å². The van der Waals surface area contributed by atoms with Gasteiger partial charge < -0.3 is 0 Å². The topological polar surface area (TPSA) is 46.2 Å². The Labute approximate surface area is 139 Å². The molecule has 0 aliphatic heterocycles. The number of nitrogens with one attached hydrogen (secondary N) is 1. The lowest BCUT2D eigenvalue weighted by Gasteiger charge is -2.24. The van der Waals surface area contributed by atoms with Crippen LogP contribution in [0.2, 0.25) is 10.0 Å². The Bertz CT molecular complexity index is 561. The van der Waals surface area contributed by atoms with Crippen molar-refractivity contribution < 1.29 is 8.42 Å². The van der Waals surface area contributed by atoms with Crippen molar-refractivity contribution in [3.63, 3.8) is 0 Å². The van der Waals surface area contributed by atoms with Gasteiger partial charge in [-0.2, -0.15) is 0 Å². The second kappa shape index (κ2) is 7.45. The first-order valence-corrected chi connectivity index (χ1v) is 9.55. The Kier molecular flexibility index (Phi) is 6.80. The van der Waals surface area contributed by atoms with Crippen molar-refractivity contribution in [3.05, 3.63) is 28.2 Å². The fraction of sp³-hybridized carbons (Fsp3) is 0.538. The molecule has 0 aliphatic rings. The van der Waals surface area contributed by atoms with Crippen LogP contribution in [0.3, 0.4) is 0 Å². The van der Waals surface area contributed by atoms with Gasteiger partial charge in [0, 0.05) is 11.9 Å². The van der Waals surface area contributed by atoms with Crippen molar-refractivity contribution in [2.75, 3.05) is 11.9 Å². The molecule has 0 spiro atoms. The van der Waals surface area contributed by atoms with E-state index in [-0.39, 0.29) is 15.3 Å². The molecule has 0 fully saturated rings. The molecule has 1 rings (SSSR count). The van der Waals surface area contributed by atoms with E-state index in [1.165, 1.54) is 18.2 Å². The van der Waals surface area contributed by atoms with Gasteiger partial charge in [0.2, 0.25) is 10.0 Å². The third kappa shape index (κ3) is 5.53. The first-order valence-electron chi connectivity index (χ1n) is 6.19. The highest BCUT2D eigenvalue weighted by atomic mass is 79.9. The van der Waals surface area contributed by atoms with Crippen LogP contribution in [0.15, 0.2) is 23.1 Å². The Morgan fingerprint density at radius 3 is 2.45 bits per heavy atom. The van der Waals surface area contributed by atoms with Crippen LogP contribution < -0.4 is 4.72 Å². The van der Waals surface area contributed by atoms with Gasteiger partial charge in [-0.25, -0.2) is 13.1 Å². The Hall–Kier alpha value is 0.190. The molecular formula is C13H18BrCl2NO2S. The quantitative estimate of drug-likeness (QED) is 0.683. The number of hydrogen-bond donors (Lipinski definition) is 1. The summed E-state index contributed by atoms with van der Waals surface area (Å²) in [5, 5.41) is 1.48. The molecule has 7 heteroatoms. The normalized spacial score (nSPS) is 12.7. The van der Waals surface area contributed by atoms with E-state index >= 15 is 0 Å². The minimum absolute atomic E-state index is 0.100. The molecule has 3 nitrogen and oxygen atoms in total. The molecule has 0 radical (unpaired) electrons. The summed E-state index contributed by atoms with van der Waals surface area (Å²) in [4.78, 5) is 0.128. The molecule has 0 aliphatic carbocycles. The number of alkyl halides is 1. The standard InChI is InChI=1S/C13H18BrCl2NO2S/c1-13(2,6-3-7-14)9-17-20(18,19)10-4-5-11(15)12(16)8-10/h4-5,8,17H,3,6-7,9H2,1-2H3. The zero-order valence-corrected chi connectivity index (χ0v) is 15.3. The Morgan fingerprint density at radius 2 is 1.90 bits per heavy atom. The third-order valence-corrected chi connectivity index (χ3v) is 5.63. The van der Waals surface area contributed by atoms with Crippen molar-refractivity contribution in [2.24, 2.45) is 5.41 Å². The van der Waals surface area contributed by atoms with E-state index in [0.29, 0.717) is 11.6 Å². The Balaban J connectivity index is 2.77. The maximum absolute atomic E-state index is 12.2. The van der Waals surface area contributed by atoms with Crippen LogP contribution >= 0.6 is 39.1 Å². The van der Waals surface area contributed by atoms with Gasteiger partial charge in [-0.15, -0.1) is 0 Å². The molecule has 1 aromatic carbocycles. The van der Waals surface area contributed by atoms with Crippen LogP contribution in [0.5, 0.6) is 0 Å². The van der Waals surface area contributed by atoms with Gasteiger partial charge in [0.1, 0.15) is 0 Å². The smallest absolute Gasteiger partial charge is 0.211 e. The predicted octanol–water partition coefficient (Wildman–Crippen LogP) is 4.47. The first-order chi connectivity index (χ1) is 9.18. The highest BCUT2D eigenvalue weighted by molar-refractivity contribution is 9.09. The molecule has 0 heterocycles. The summed E-state index contributed by atoms with van der Waals surface area (Å²) < 4.78 is 27.0. The SMILES string of the molecule is CC(C)(CCCBr)CNS(=O)(=O)c1ccc(Cl)c(Cl)c1. The van der Waals surface area contributed by atoms with Crippen molar-refractivity contribution in [2.45, 2.75) is 31.6 Å². The lowest BCUT2D eigenvalue weighted by molar-refractivity contribution is 0.332. The van der Waals surface area contributed by atoms with Crippen molar-refractivity contribution in [1.82, 2.24) is 4.72 Å². The zero-order valence-electron chi connectivity index (χ0n) is 11.4. The minimum atomic E-state index is -3.56. The van der Waals surface area contributed by atoms with E-state index in [4.69, 9.17) is 23.2 Å². The van der Waals surface area contributed by atoms with Crippen molar-refractivity contribution in [3.8, 4) is 0 Å². The highest BCUT2D eigenvalue weighted by Gasteiger charge is 2.22. The minimum Gasteiger partial charge on any atom is -0.211 e. The molecule has 0 saturated carbocycles. The van der Waals surface area contributed by atoms with Gasteiger partial charge in [-0.05, 0) is 36.5 Å². The molecule has 0 saturated heterocycles. The largest absolute Gasteiger partial charge is 0.240 e. The highest BCUT2D eigenvalue weighted by Crippen LogP contribution is 2.26. The van der Waals surface area contributed by atoms with Gasteiger partial charge in [0.15, 0.2) is 0 Å². The summed E-state index contributed by atoms with van der Waals surface area (Å²) in [5.41, 5.74) is -0.100. The van der Waals surface area contributed by atoms with E-state index in [9.17, 15) is 8.42 Å². The van der Waals surface area contributed by atoms with Gasteiger partial charge in [-0.3, -0.25) is 0 Å². The van der Waals surface area contributed by atoms with E-state index in [1.807, 2.05) is 13.8 Å². The van der Waals surface area contributed by atoms with Gasteiger partial charge in [0.25, 0.3) is 0 Å². The molecule has 20 heavy (non-hydrogen) atoms. The maximum Gasteiger partial charge on any atom is 0.240 e. The van der Waals surface area contributed by atoms with Crippen LogP contribution in [0.25, 0.3) is 0 Å². The molecule has 0 amide bonds. The van der Waals surface area contributed by atoms with Crippen LogP contribution in [0.4, 0.5) is 0 Å². The van der Waals surface area contributed by atoms with E-state index < -0.39 is 10.0 Å². The fourth-order valence-corrected chi connectivity index (χ4v) is 3.56. The van der Waals surface area contributed by atoms with Crippen molar-refractivity contribution in [1.29, 1.82) is 0 Å². The summed E-state index contributed by atoms with van der Waals surface area (Å²) in [6, 6.07) is 4.29. The maximum atomic E-state index is 12.2. The lowest BCUT2D eigenvalue weighted by Crippen LogP contribution is -2.34. The Morgan fingerprint density at radius 1 is 1.25 bits per heavy atom. The fourth-order valence-electron chi connectivity index (χ4n) is 1.65. The average Bonchev–Trinajstić information content (AvgIpc) is 2.37. The van der Waals surface area contributed by atoms with Crippen LogP contribution in [-0.2, 0) is 10.0 Å². The van der Waals surface area contributed by atoms with Crippen LogP contribution in [0.1, 0.15) is 26.7 Å². The van der Waals surface area contributed by atoms with Gasteiger partial charge in [0.05, 0.1) is 14.9 Å². The summed E-state index contributed by atoms with van der Waals surface area (Å²) in [7, 11) is -3.56. The predicted molar refractivity (Wildman–Crippen MR) is 88.5 cm³/mol. The number of sulfonamides is 1. The van der Waals surface area contributed by atoms with E-state index in [1.54, 1.807) is 0 Å². The summed E-state index contributed by atoms with van der Waals surface area (Å²) >= 11 is 15.0. The number of benzene rings is 1. The van der Waals surface area contributed by atoms with Crippen LogP contribution in [0, 0.1) is 5.41 Å². The van der Waals surface area contributed by atoms with Crippen LogP contribution in [-0.4, -0.2) is 20.3 Å². The number of hydrogen-bond acceptors (Lipinski definition) is 2. The first kappa shape index (κ1) is 18.2. The van der Waals surface area contributed by atoms with Gasteiger partial charge >= 0.3 is 0 Å². The molecule has 1 N–H and O–H groups in total. The number of halogens is 3. The monoisotopic (exact) mass is 401 g/mol. The average molecular weight is 403 g/mol. The van der Waals surface area contributed by atoms with Gasteiger partial charge in [-0.1, -0.05) is 53.0 Å². The second-order valence-corrected chi connectivity index (χ2v) is 8.73. The van der Waals surface area contributed by atoms with E-state index in [2.05, 4.69) is 20.7 Å². The zero-order chi connectivity index (χ0) is 15.4. The summed E-state index contributed by atoms with van der Waals surface area (Å²) in [6.07, 6.45) is 1.93. The molecule has 1 aromatic rings.